The summed E-state index contributed by atoms with van der Waals surface area (Å²) in [6, 6.07) is 8.08. The van der Waals surface area contributed by atoms with E-state index >= 15 is 0 Å². The number of hydrogen-bond acceptors (Lipinski definition) is 3. The predicted molar refractivity (Wildman–Crippen MR) is 66.0 cm³/mol. The summed E-state index contributed by atoms with van der Waals surface area (Å²) < 4.78 is 2.84. The molecule has 1 aromatic carbocycles. The Hall–Kier alpha value is -1.20. The quantitative estimate of drug-likeness (QED) is 0.935. The first-order valence-corrected chi connectivity index (χ1v) is 5.83. The highest BCUT2D eigenvalue weighted by molar-refractivity contribution is 9.10. The summed E-state index contributed by atoms with van der Waals surface area (Å²) in [5, 5.41) is 4.15. The molecule has 2 atom stereocenters. The van der Waals surface area contributed by atoms with Gasteiger partial charge in [-0.25, -0.2) is 9.67 Å². The Balaban J connectivity index is 2.37. The van der Waals surface area contributed by atoms with Crippen LogP contribution in [0.3, 0.4) is 0 Å². The number of rotatable bonds is 3. The second-order valence-corrected chi connectivity index (χ2v) is 4.65. The number of halogens is 1. The fourth-order valence-corrected chi connectivity index (χ4v) is 1.98. The molecule has 16 heavy (non-hydrogen) atoms. The predicted octanol–water partition coefficient (Wildman–Crippen LogP) is 1.98. The van der Waals surface area contributed by atoms with E-state index in [1.54, 1.807) is 11.0 Å². The van der Waals surface area contributed by atoms with Crippen LogP contribution < -0.4 is 5.73 Å². The Kier molecular flexibility index (Phi) is 3.36. The maximum absolute atomic E-state index is 6.00. The van der Waals surface area contributed by atoms with Crippen LogP contribution in [0.25, 0.3) is 0 Å². The number of nitrogens with two attached hydrogens (primary N) is 1. The summed E-state index contributed by atoms with van der Waals surface area (Å²) in [6.45, 7) is 1.97. The van der Waals surface area contributed by atoms with Crippen molar-refractivity contribution in [3.05, 3.63) is 47.0 Å². The second-order valence-electron chi connectivity index (χ2n) is 3.73. The van der Waals surface area contributed by atoms with E-state index in [-0.39, 0.29) is 12.1 Å². The topological polar surface area (TPSA) is 56.7 Å². The standard InChI is InChI=1S/C11H13BrN4/c1-8(13)11(16-7-14-6-15-16)9-2-4-10(12)5-3-9/h2-8,11H,13H2,1H3. The van der Waals surface area contributed by atoms with Gasteiger partial charge in [-0.15, -0.1) is 0 Å². The lowest BCUT2D eigenvalue weighted by Gasteiger charge is -2.21. The molecule has 4 nitrogen and oxygen atoms in total. The summed E-state index contributed by atoms with van der Waals surface area (Å²) in [6.07, 6.45) is 3.21. The third-order valence-electron chi connectivity index (χ3n) is 2.43. The molecule has 1 aromatic heterocycles. The minimum absolute atomic E-state index is 0.0237. The molecule has 0 bridgehead atoms. The van der Waals surface area contributed by atoms with Crippen LogP contribution in [0.5, 0.6) is 0 Å². The van der Waals surface area contributed by atoms with Crippen LogP contribution >= 0.6 is 15.9 Å². The first kappa shape index (κ1) is 11.3. The van der Waals surface area contributed by atoms with Crippen LogP contribution in [0.2, 0.25) is 0 Å². The van der Waals surface area contributed by atoms with Gasteiger partial charge in [0, 0.05) is 10.5 Å². The molecule has 1 heterocycles. The molecule has 0 amide bonds. The molecule has 2 rings (SSSR count). The minimum atomic E-state index is -0.0251. The molecule has 0 saturated carbocycles. The summed E-state index contributed by atoms with van der Waals surface area (Å²) in [7, 11) is 0. The van der Waals surface area contributed by atoms with E-state index in [4.69, 9.17) is 5.73 Å². The molecular weight excluding hydrogens is 268 g/mol. The van der Waals surface area contributed by atoms with Gasteiger partial charge in [-0.3, -0.25) is 0 Å². The van der Waals surface area contributed by atoms with E-state index in [0.717, 1.165) is 10.0 Å². The second kappa shape index (κ2) is 4.76. The van der Waals surface area contributed by atoms with Crippen molar-refractivity contribution >= 4 is 15.9 Å². The molecule has 0 radical (unpaired) electrons. The van der Waals surface area contributed by atoms with E-state index in [2.05, 4.69) is 26.0 Å². The van der Waals surface area contributed by atoms with E-state index in [0.29, 0.717) is 0 Å². The van der Waals surface area contributed by atoms with Crippen molar-refractivity contribution in [3.63, 3.8) is 0 Å². The average molecular weight is 281 g/mol. The molecule has 2 unspecified atom stereocenters. The zero-order valence-corrected chi connectivity index (χ0v) is 10.5. The molecule has 0 fully saturated rings. The Morgan fingerprint density at radius 1 is 1.31 bits per heavy atom. The van der Waals surface area contributed by atoms with Crippen LogP contribution in [-0.2, 0) is 0 Å². The number of aromatic nitrogens is 3. The zero-order chi connectivity index (χ0) is 11.5. The van der Waals surface area contributed by atoms with E-state index in [1.807, 2.05) is 31.2 Å². The Morgan fingerprint density at radius 3 is 2.50 bits per heavy atom. The lowest BCUT2D eigenvalue weighted by Crippen LogP contribution is -2.30. The van der Waals surface area contributed by atoms with Crippen molar-refractivity contribution in [3.8, 4) is 0 Å². The van der Waals surface area contributed by atoms with Gasteiger partial charge in [-0.1, -0.05) is 28.1 Å². The molecule has 2 aromatic rings. The molecular formula is C11H13BrN4. The highest BCUT2D eigenvalue weighted by Crippen LogP contribution is 2.21. The first-order chi connectivity index (χ1) is 7.68. The van der Waals surface area contributed by atoms with Gasteiger partial charge in [0.25, 0.3) is 0 Å². The normalized spacial score (nSPS) is 14.7. The third-order valence-corrected chi connectivity index (χ3v) is 2.96. The molecule has 0 spiro atoms. The zero-order valence-electron chi connectivity index (χ0n) is 8.92. The highest BCUT2D eigenvalue weighted by atomic mass is 79.9. The van der Waals surface area contributed by atoms with Crippen LogP contribution in [0.1, 0.15) is 18.5 Å². The van der Waals surface area contributed by atoms with Gasteiger partial charge >= 0.3 is 0 Å². The van der Waals surface area contributed by atoms with Crippen molar-refractivity contribution in [1.82, 2.24) is 14.8 Å². The van der Waals surface area contributed by atoms with Gasteiger partial charge in [0.2, 0.25) is 0 Å². The average Bonchev–Trinajstić information content (AvgIpc) is 2.74. The SMILES string of the molecule is CC(N)C(c1ccc(Br)cc1)n1cncn1. The fraction of sp³-hybridized carbons (Fsp3) is 0.273. The Bertz CT molecular complexity index is 436. The van der Waals surface area contributed by atoms with Gasteiger partial charge in [0.1, 0.15) is 12.7 Å². The minimum Gasteiger partial charge on any atom is -0.326 e. The molecule has 0 aliphatic heterocycles. The summed E-state index contributed by atoms with van der Waals surface area (Å²) in [5.41, 5.74) is 7.13. The number of hydrogen-bond donors (Lipinski definition) is 1. The Morgan fingerprint density at radius 2 is 2.00 bits per heavy atom. The molecule has 5 heteroatoms. The maximum atomic E-state index is 6.00. The summed E-state index contributed by atoms with van der Waals surface area (Å²) in [4.78, 5) is 3.96. The van der Waals surface area contributed by atoms with Gasteiger partial charge < -0.3 is 5.73 Å². The van der Waals surface area contributed by atoms with Crippen molar-refractivity contribution in [2.45, 2.75) is 19.0 Å². The monoisotopic (exact) mass is 280 g/mol. The van der Waals surface area contributed by atoms with Crippen molar-refractivity contribution < 1.29 is 0 Å². The molecule has 0 aliphatic carbocycles. The largest absolute Gasteiger partial charge is 0.326 e. The lowest BCUT2D eigenvalue weighted by atomic mass is 10.0. The van der Waals surface area contributed by atoms with Gasteiger partial charge in [-0.2, -0.15) is 5.10 Å². The van der Waals surface area contributed by atoms with E-state index in [9.17, 15) is 0 Å². The highest BCUT2D eigenvalue weighted by Gasteiger charge is 2.18. The smallest absolute Gasteiger partial charge is 0.137 e. The number of benzene rings is 1. The van der Waals surface area contributed by atoms with Gasteiger partial charge in [0.05, 0.1) is 6.04 Å². The fourth-order valence-electron chi connectivity index (χ4n) is 1.72. The summed E-state index contributed by atoms with van der Waals surface area (Å²) in [5.74, 6) is 0. The molecule has 2 N–H and O–H groups in total. The van der Waals surface area contributed by atoms with Gasteiger partial charge in [-0.05, 0) is 24.6 Å². The van der Waals surface area contributed by atoms with Crippen LogP contribution in [0.15, 0.2) is 41.4 Å². The summed E-state index contributed by atoms with van der Waals surface area (Å²) >= 11 is 3.41. The number of nitrogens with zero attached hydrogens (tertiary/aromatic N) is 3. The van der Waals surface area contributed by atoms with E-state index < -0.39 is 0 Å². The van der Waals surface area contributed by atoms with Crippen molar-refractivity contribution in [2.24, 2.45) is 5.73 Å². The lowest BCUT2D eigenvalue weighted by molar-refractivity contribution is 0.453. The first-order valence-electron chi connectivity index (χ1n) is 5.03. The Labute approximate surface area is 103 Å². The van der Waals surface area contributed by atoms with E-state index in [1.165, 1.54) is 6.33 Å². The molecule has 0 aliphatic rings. The van der Waals surface area contributed by atoms with Crippen LogP contribution in [-0.4, -0.2) is 20.8 Å². The molecule has 84 valence electrons. The van der Waals surface area contributed by atoms with Crippen molar-refractivity contribution in [1.29, 1.82) is 0 Å². The maximum Gasteiger partial charge on any atom is 0.137 e. The van der Waals surface area contributed by atoms with Crippen LogP contribution in [0, 0.1) is 0 Å². The third kappa shape index (κ3) is 2.31. The molecule has 0 saturated heterocycles. The van der Waals surface area contributed by atoms with Gasteiger partial charge in [0.15, 0.2) is 0 Å². The van der Waals surface area contributed by atoms with Crippen molar-refractivity contribution in [2.75, 3.05) is 0 Å². The van der Waals surface area contributed by atoms with Crippen LogP contribution in [0.4, 0.5) is 0 Å².